The summed E-state index contributed by atoms with van der Waals surface area (Å²) < 4.78 is 40.1. The van der Waals surface area contributed by atoms with Gasteiger partial charge in [-0.05, 0) is 43.2 Å². The first-order valence-electron chi connectivity index (χ1n) is 9.79. The monoisotopic (exact) mass is 421 g/mol. The van der Waals surface area contributed by atoms with Gasteiger partial charge in [0.15, 0.2) is 5.96 Å². The van der Waals surface area contributed by atoms with Gasteiger partial charge in [-0.1, -0.05) is 24.3 Å². The van der Waals surface area contributed by atoms with Gasteiger partial charge in [0.05, 0.1) is 13.2 Å². The van der Waals surface area contributed by atoms with Crippen LogP contribution in [0.15, 0.2) is 47.5 Å². The summed E-state index contributed by atoms with van der Waals surface area (Å²) in [5.41, 5.74) is 2.87. The van der Waals surface area contributed by atoms with E-state index in [1.54, 1.807) is 19.2 Å². The van der Waals surface area contributed by atoms with Crippen LogP contribution in [0.5, 0.6) is 11.5 Å². The average Bonchev–Trinajstić information content (AvgIpc) is 2.71. The smallest absolute Gasteiger partial charge is 0.387 e. The highest BCUT2D eigenvalue weighted by Gasteiger charge is 2.07. The van der Waals surface area contributed by atoms with Gasteiger partial charge in [-0.25, -0.2) is 4.99 Å². The van der Waals surface area contributed by atoms with Gasteiger partial charge in [0.25, 0.3) is 0 Å². The van der Waals surface area contributed by atoms with Crippen molar-refractivity contribution in [3.8, 4) is 11.5 Å². The zero-order valence-electron chi connectivity index (χ0n) is 17.6. The van der Waals surface area contributed by atoms with Crippen LogP contribution in [0, 0.1) is 6.92 Å². The number of alkyl halides is 2. The van der Waals surface area contributed by atoms with E-state index in [2.05, 4.69) is 20.4 Å². The molecule has 0 unspecified atom stereocenters. The van der Waals surface area contributed by atoms with Crippen molar-refractivity contribution in [3.05, 3.63) is 59.2 Å². The highest BCUT2D eigenvalue weighted by atomic mass is 19.3. The van der Waals surface area contributed by atoms with Gasteiger partial charge in [-0.3, -0.25) is 0 Å². The van der Waals surface area contributed by atoms with Gasteiger partial charge < -0.3 is 24.8 Å². The van der Waals surface area contributed by atoms with E-state index in [1.165, 1.54) is 6.07 Å². The summed E-state index contributed by atoms with van der Waals surface area (Å²) in [5, 5.41) is 6.46. The number of rotatable bonds is 11. The number of methoxy groups -OCH3 is 1. The lowest BCUT2D eigenvalue weighted by molar-refractivity contribution is -0.0498. The molecule has 0 aromatic heterocycles. The second-order valence-electron chi connectivity index (χ2n) is 6.53. The summed E-state index contributed by atoms with van der Waals surface area (Å²) in [6.07, 6.45) is 0. The van der Waals surface area contributed by atoms with E-state index in [9.17, 15) is 8.78 Å². The van der Waals surface area contributed by atoms with Crippen molar-refractivity contribution in [2.75, 3.05) is 26.9 Å². The molecule has 8 heteroatoms. The van der Waals surface area contributed by atoms with E-state index in [4.69, 9.17) is 9.47 Å². The Balaban J connectivity index is 2.04. The van der Waals surface area contributed by atoms with Gasteiger partial charge in [0, 0.05) is 25.8 Å². The molecule has 0 bridgehead atoms. The zero-order chi connectivity index (χ0) is 21.8. The molecule has 2 aromatic rings. The fourth-order valence-corrected chi connectivity index (χ4v) is 2.69. The van der Waals surface area contributed by atoms with Crippen molar-refractivity contribution in [1.29, 1.82) is 0 Å². The first-order chi connectivity index (χ1) is 14.5. The van der Waals surface area contributed by atoms with Crippen LogP contribution in [0.2, 0.25) is 0 Å². The van der Waals surface area contributed by atoms with Gasteiger partial charge in [-0.15, -0.1) is 0 Å². The molecule has 0 atom stereocenters. The summed E-state index contributed by atoms with van der Waals surface area (Å²) >= 11 is 0. The van der Waals surface area contributed by atoms with E-state index >= 15 is 0 Å². The Morgan fingerprint density at radius 2 is 1.93 bits per heavy atom. The van der Waals surface area contributed by atoms with Crippen LogP contribution in [0.4, 0.5) is 8.78 Å². The summed E-state index contributed by atoms with van der Waals surface area (Å²) in [7, 11) is 1.64. The first kappa shape index (κ1) is 23.4. The topological polar surface area (TPSA) is 64.1 Å². The maximum atomic E-state index is 12.4. The van der Waals surface area contributed by atoms with Crippen LogP contribution in [0.3, 0.4) is 0 Å². The number of halogens is 2. The third kappa shape index (κ3) is 8.24. The third-order valence-electron chi connectivity index (χ3n) is 4.10. The predicted octanol–water partition coefficient (Wildman–Crippen LogP) is 3.88. The molecule has 30 heavy (non-hydrogen) atoms. The number of aryl methyl sites for hydroxylation is 1. The Hall–Kier alpha value is -2.87. The molecule has 0 heterocycles. The minimum Gasteiger partial charge on any atom is -0.491 e. The predicted molar refractivity (Wildman–Crippen MR) is 113 cm³/mol. The molecule has 0 saturated carbocycles. The number of aliphatic imine (C=N–C) groups is 1. The molecule has 0 amide bonds. The molecule has 0 aliphatic rings. The van der Waals surface area contributed by atoms with Crippen LogP contribution in [0.1, 0.15) is 23.6 Å². The summed E-state index contributed by atoms with van der Waals surface area (Å²) in [5.74, 6) is 1.53. The van der Waals surface area contributed by atoms with Gasteiger partial charge in [0.1, 0.15) is 18.1 Å². The highest BCUT2D eigenvalue weighted by molar-refractivity contribution is 5.79. The van der Waals surface area contributed by atoms with Crippen molar-refractivity contribution in [1.82, 2.24) is 10.6 Å². The molecular formula is C22H29F2N3O3. The van der Waals surface area contributed by atoms with Crippen molar-refractivity contribution in [3.63, 3.8) is 0 Å². The Morgan fingerprint density at radius 1 is 1.10 bits per heavy atom. The lowest BCUT2D eigenvalue weighted by Crippen LogP contribution is -2.36. The number of hydrogen-bond acceptors (Lipinski definition) is 4. The molecule has 0 radical (unpaired) electrons. The SMILES string of the molecule is CCNC(=NCc1cccc(OC(F)F)c1)NCc1ccc(C)cc1OCCOC. The second-order valence-corrected chi connectivity index (χ2v) is 6.53. The van der Waals surface area contributed by atoms with Crippen LogP contribution in [-0.4, -0.2) is 39.4 Å². The maximum Gasteiger partial charge on any atom is 0.387 e. The van der Waals surface area contributed by atoms with Crippen molar-refractivity contribution >= 4 is 5.96 Å². The number of hydrogen-bond donors (Lipinski definition) is 2. The lowest BCUT2D eigenvalue weighted by Gasteiger charge is -2.15. The number of nitrogens with one attached hydrogen (secondary N) is 2. The van der Waals surface area contributed by atoms with E-state index in [0.29, 0.717) is 38.8 Å². The minimum atomic E-state index is -2.85. The quantitative estimate of drug-likeness (QED) is 0.328. The minimum absolute atomic E-state index is 0.119. The molecule has 0 aliphatic heterocycles. The maximum absolute atomic E-state index is 12.4. The Bertz CT molecular complexity index is 816. The largest absolute Gasteiger partial charge is 0.491 e. The number of guanidine groups is 1. The molecule has 0 aliphatic carbocycles. The summed E-state index contributed by atoms with van der Waals surface area (Å²) in [6.45, 7) is 3.64. The fourth-order valence-electron chi connectivity index (χ4n) is 2.69. The lowest BCUT2D eigenvalue weighted by atomic mass is 10.1. The Morgan fingerprint density at radius 3 is 2.67 bits per heavy atom. The molecule has 0 spiro atoms. The average molecular weight is 421 g/mol. The molecular weight excluding hydrogens is 392 g/mol. The number of ether oxygens (including phenoxy) is 3. The normalized spacial score (nSPS) is 11.5. The van der Waals surface area contributed by atoms with Crippen LogP contribution in [-0.2, 0) is 17.8 Å². The van der Waals surface area contributed by atoms with Gasteiger partial charge in [-0.2, -0.15) is 8.78 Å². The standard InChI is InChI=1S/C22H29F2N3O3/c1-4-25-22(26-14-17-6-5-7-19(13-17)30-21(23)24)27-15-18-9-8-16(2)12-20(18)29-11-10-28-3/h5-9,12-13,21H,4,10-11,14-15H2,1-3H3,(H2,25,26,27). The highest BCUT2D eigenvalue weighted by Crippen LogP contribution is 2.20. The van der Waals surface area contributed by atoms with Crippen molar-refractivity contribution in [2.24, 2.45) is 4.99 Å². The van der Waals surface area contributed by atoms with E-state index in [0.717, 1.165) is 22.4 Å². The van der Waals surface area contributed by atoms with Crippen LogP contribution < -0.4 is 20.1 Å². The van der Waals surface area contributed by atoms with Crippen LogP contribution in [0.25, 0.3) is 0 Å². The zero-order valence-corrected chi connectivity index (χ0v) is 17.6. The van der Waals surface area contributed by atoms with Crippen LogP contribution >= 0.6 is 0 Å². The molecule has 2 aromatic carbocycles. The number of nitrogens with zero attached hydrogens (tertiary/aromatic N) is 1. The van der Waals surface area contributed by atoms with Crippen molar-refractivity contribution < 1.29 is 23.0 Å². The molecule has 2 rings (SSSR count). The summed E-state index contributed by atoms with van der Waals surface area (Å²) in [6, 6.07) is 12.6. The van der Waals surface area contributed by atoms with Gasteiger partial charge in [0.2, 0.25) is 0 Å². The van der Waals surface area contributed by atoms with E-state index in [1.807, 2.05) is 38.1 Å². The molecule has 2 N–H and O–H groups in total. The number of benzene rings is 2. The molecule has 6 nitrogen and oxygen atoms in total. The van der Waals surface area contributed by atoms with E-state index in [-0.39, 0.29) is 5.75 Å². The molecule has 0 fully saturated rings. The molecule has 164 valence electrons. The first-order valence-corrected chi connectivity index (χ1v) is 9.79. The third-order valence-corrected chi connectivity index (χ3v) is 4.10. The molecule has 0 saturated heterocycles. The summed E-state index contributed by atoms with van der Waals surface area (Å²) in [4.78, 5) is 4.53. The second kappa shape index (κ2) is 12.6. The van der Waals surface area contributed by atoms with E-state index < -0.39 is 6.61 Å². The van der Waals surface area contributed by atoms with Gasteiger partial charge >= 0.3 is 6.61 Å². The fraction of sp³-hybridized carbons (Fsp3) is 0.409. The van der Waals surface area contributed by atoms with Crippen molar-refractivity contribution in [2.45, 2.75) is 33.5 Å². The Labute approximate surface area is 176 Å². The Kier molecular flexibility index (Phi) is 9.86.